The highest BCUT2D eigenvalue weighted by molar-refractivity contribution is 5.94. The van der Waals surface area contributed by atoms with Crippen molar-refractivity contribution in [2.45, 2.75) is 32.7 Å². The number of hydrogen-bond acceptors (Lipinski definition) is 3. The quantitative estimate of drug-likeness (QED) is 0.887. The third kappa shape index (κ3) is 2.62. The third-order valence-electron chi connectivity index (χ3n) is 4.37. The maximum absolute atomic E-state index is 12.2. The molecule has 1 amide bonds. The van der Waals surface area contributed by atoms with Gasteiger partial charge in [0, 0.05) is 18.5 Å². The smallest absolute Gasteiger partial charge is 0.229 e. The van der Waals surface area contributed by atoms with E-state index in [0.717, 1.165) is 44.7 Å². The molecule has 6 heteroatoms. The van der Waals surface area contributed by atoms with Gasteiger partial charge >= 0.3 is 0 Å². The van der Waals surface area contributed by atoms with E-state index in [9.17, 15) is 4.79 Å². The molecule has 0 radical (unpaired) electrons. The zero-order valence-electron chi connectivity index (χ0n) is 11.2. The predicted molar refractivity (Wildman–Crippen MR) is 76.4 cm³/mol. The molecule has 106 valence electrons. The van der Waals surface area contributed by atoms with E-state index in [0.29, 0.717) is 5.41 Å². The minimum Gasteiger partial charge on any atom is -0.317 e. The Bertz CT molecular complexity index is 453. The molecule has 0 bridgehead atoms. The molecular weight excluding hydrogens is 264 g/mol. The van der Waals surface area contributed by atoms with Crippen LogP contribution in [0, 0.1) is 11.3 Å². The summed E-state index contributed by atoms with van der Waals surface area (Å²) in [5.74, 6) is 1.20. The molecule has 1 unspecified atom stereocenters. The molecule has 0 aromatic carbocycles. The molecule has 2 heterocycles. The SMILES string of the molecule is CCn1nccc1NC(=O)C1CC12CCNCC2.Cl. The predicted octanol–water partition coefficient (Wildman–Crippen LogP) is 1.65. The Kier molecular flexibility index (Phi) is 4.16. The first-order valence-corrected chi connectivity index (χ1v) is 6.78. The van der Waals surface area contributed by atoms with Crippen molar-refractivity contribution < 1.29 is 4.79 Å². The molecule has 1 saturated carbocycles. The molecule has 19 heavy (non-hydrogen) atoms. The van der Waals surface area contributed by atoms with Crippen LogP contribution in [0.15, 0.2) is 12.3 Å². The summed E-state index contributed by atoms with van der Waals surface area (Å²) in [5.41, 5.74) is 0.298. The second kappa shape index (κ2) is 5.51. The van der Waals surface area contributed by atoms with Crippen LogP contribution in [0.1, 0.15) is 26.2 Å². The van der Waals surface area contributed by atoms with Gasteiger partial charge in [-0.2, -0.15) is 5.10 Å². The molecule has 2 aliphatic rings. The van der Waals surface area contributed by atoms with Gasteiger partial charge in [-0.1, -0.05) is 0 Å². The molecule has 1 atom stereocenters. The van der Waals surface area contributed by atoms with Gasteiger partial charge < -0.3 is 10.6 Å². The summed E-state index contributed by atoms with van der Waals surface area (Å²) in [5, 5.41) is 10.5. The molecule has 2 fully saturated rings. The van der Waals surface area contributed by atoms with E-state index >= 15 is 0 Å². The van der Waals surface area contributed by atoms with Crippen molar-refractivity contribution in [2.75, 3.05) is 18.4 Å². The molecule has 2 N–H and O–H groups in total. The molecule has 1 saturated heterocycles. The van der Waals surface area contributed by atoms with Crippen molar-refractivity contribution in [3.8, 4) is 0 Å². The number of halogens is 1. The van der Waals surface area contributed by atoms with E-state index in [1.165, 1.54) is 0 Å². The molecule has 1 aliphatic carbocycles. The summed E-state index contributed by atoms with van der Waals surface area (Å²) in [4.78, 5) is 12.2. The van der Waals surface area contributed by atoms with Gasteiger partial charge in [0.25, 0.3) is 0 Å². The Labute approximate surface area is 119 Å². The highest BCUT2D eigenvalue weighted by atomic mass is 35.5. The van der Waals surface area contributed by atoms with E-state index in [1.54, 1.807) is 6.20 Å². The number of aromatic nitrogens is 2. The summed E-state index contributed by atoms with van der Waals surface area (Å²) in [6.07, 6.45) is 5.06. The first-order chi connectivity index (χ1) is 8.75. The van der Waals surface area contributed by atoms with E-state index in [2.05, 4.69) is 15.7 Å². The zero-order valence-corrected chi connectivity index (χ0v) is 12.0. The van der Waals surface area contributed by atoms with Crippen molar-refractivity contribution in [2.24, 2.45) is 11.3 Å². The van der Waals surface area contributed by atoms with E-state index < -0.39 is 0 Å². The fourth-order valence-corrected chi connectivity index (χ4v) is 3.10. The number of nitrogens with zero attached hydrogens (tertiary/aromatic N) is 2. The van der Waals surface area contributed by atoms with Crippen LogP contribution in [0.25, 0.3) is 0 Å². The lowest BCUT2D eigenvalue weighted by molar-refractivity contribution is -0.118. The van der Waals surface area contributed by atoms with Crippen molar-refractivity contribution >= 4 is 24.1 Å². The van der Waals surface area contributed by atoms with E-state index in [1.807, 2.05) is 17.7 Å². The monoisotopic (exact) mass is 284 g/mol. The van der Waals surface area contributed by atoms with Crippen LogP contribution in [0.3, 0.4) is 0 Å². The van der Waals surface area contributed by atoms with Crippen molar-refractivity contribution in [1.82, 2.24) is 15.1 Å². The van der Waals surface area contributed by atoms with Crippen molar-refractivity contribution in [3.63, 3.8) is 0 Å². The Balaban J connectivity index is 0.00000133. The lowest BCUT2D eigenvalue weighted by Crippen LogP contribution is -2.31. The van der Waals surface area contributed by atoms with Crippen LogP contribution in [0.4, 0.5) is 5.82 Å². The van der Waals surface area contributed by atoms with Crippen LogP contribution in [0.2, 0.25) is 0 Å². The van der Waals surface area contributed by atoms with Crippen LogP contribution in [0.5, 0.6) is 0 Å². The fourth-order valence-electron chi connectivity index (χ4n) is 3.10. The highest BCUT2D eigenvalue weighted by Crippen LogP contribution is 2.58. The number of nitrogens with one attached hydrogen (secondary N) is 2. The van der Waals surface area contributed by atoms with Crippen LogP contribution < -0.4 is 10.6 Å². The van der Waals surface area contributed by atoms with Gasteiger partial charge in [-0.15, -0.1) is 12.4 Å². The Hall–Kier alpha value is -1.07. The van der Waals surface area contributed by atoms with Gasteiger partial charge in [0.05, 0.1) is 6.20 Å². The van der Waals surface area contributed by atoms with Gasteiger partial charge in [0.15, 0.2) is 0 Å². The average Bonchev–Trinajstić information content (AvgIpc) is 2.89. The maximum Gasteiger partial charge on any atom is 0.229 e. The lowest BCUT2D eigenvalue weighted by atomic mass is 9.92. The first-order valence-electron chi connectivity index (χ1n) is 6.78. The van der Waals surface area contributed by atoms with Gasteiger partial charge in [0.1, 0.15) is 5.82 Å². The van der Waals surface area contributed by atoms with Crippen LogP contribution >= 0.6 is 12.4 Å². The summed E-state index contributed by atoms with van der Waals surface area (Å²) in [6.45, 7) is 4.91. The maximum atomic E-state index is 12.2. The number of rotatable bonds is 3. The van der Waals surface area contributed by atoms with Crippen molar-refractivity contribution in [1.29, 1.82) is 0 Å². The van der Waals surface area contributed by atoms with Crippen LogP contribution in [-0.4, -0.2) is 28.8 Å². The Morgan fingerprint density at radius 3 is 3.00 bits per heavy atom. The summed E-state index contributed by atoms with van der Waals surface area (Å²) < 4.78 is 1.81. The minimum atomic E-state index is 0. The molecule has 1 aromatic heterocycles. The fraction of sp³-hybridized carbons (Fsp3) is 0.692. The topological polar surface area (TPSA) is 59.0 Å². The first kappa shape index (κ1) is 14.3. The number of carbonyl (C=O) groups is 1. The Morgan fingerprint density at radius 2 is 2.32 bits per heavy atom. The van der Waals surface area contributed by atoms with Gasteiger partial charge in [-0.05, 0) is 44.7 Å². The van der Waals surface area contributed by atoms with E-state index in [-0.39, 0.29) is 24.2 Å². The largest absolute Gasteiger partial charge is 0.317 e. The number of piperidine rings is 1. The second-order valence-electron chi connectivity index (χ2n) is 5.39. The van der Waals surface area contributed by atoms with Gasteiger partial charge in [-0.3, -0.25) is 4.79 Å². The minimum absolute atomic E-state index is 0. The highest BCUT2D eigenvalue weighted by Gasteiger charge is 2.57. The standard InChI is InChI=1S/C13H20N4O.ClH/c1-2-17-11(3-6-15-17)16-12(18)10-9-13(10)4-7-14-8-5-13;/h3,6,10,14H,2,4-5,7-9H2,1H3,(H,16,18);1H. The van der Waals surface area contributed by atoms with Crippen LogP contribution in [-0.2, 0) is 11.3 Å². The van der Waals surface area contributed by atoms with Crippen molar-refractivity contribution in [3.05, 3.63) is 12.3 Å². The second-order valence-corrected chi connectivity index (χ2v) is 5.39. The molecule has 5 nitrogen and oxygen atoms in total. The molecule has 1 aliphatic heterocycles. The lowest BCUT2D eigenvalue weighted by Gasteiger charge is -2.23. The summed E-state index contributed by atoms with van der Waals surface area (Å²) in [6, 6.07) is 1.86. The number of amides is 1. The third-order valence-corrected chi connectivity index (χ3v) is 4.37. The number of carbonyl (C=O) groups excluding carboxylic acids is 1. The molecule has 1 aromatic rings. The van der Waals surface area contributed by atoms with Gasteiger partial charge in [0.2, 0.25) is 5.91 Å². The number of hydrogen-bond donors (Lipinski definition) is 2. The molecule has 3 rings (SSSR count). The zero-order chi connectivity index (χ0) is 12.6. The normalized spacial score (nSPS) is 23.7. The summed E-state index contributed by atoms with van der Waals surface area (Å²) in [7, 11) is 0. The van der Waals surface area contributed by atoms with Gasteiger partial charge in [-0.25, -0.2) is 4.68 Å². The Morgan fingerprint density at radius 1 is 1.58 bits per heavy atom. The average molecular weight is 285 g/mol. The number of anilines is 1. The molecular formula is C13H21ClN4O. The molecule has 1 spiro atoms. The summed E-state index contributed by atoms with van der Waals surface area (Å²) >= 11 is 0. The van der Waals surface area contributed by atoms with E-state index in [4.69, 9.17) is 0 Å². The number of aryl methyl sites for hydroxylation is 1.